The van der Waals surface area contributed by atoms with E-state index in [0.29, 0.717) is 24.3 Å². The lowest BCUT2D eigenvalue weighted by Gasteiger charge is -2.13. The average molecular weight is 265 g/mol. The molecule has 0 unspecified atom stereocenters. The van der Waals surface area contributed by atoms with E-state index < -0.39 is 5.97 Å². The number of carboxylic acids is 1. The summed E-state index contributed by atoms with van der Waals surface area (Å²) in [5.41, 5.74) is 1.55. The molecule has 0 spiro atoms. The molecule has 0 aliphatic rings. The van der Waals surface area contributed by atoms with E-state index in [0.717, 1.165) is 5.69 Å². The van der Waals surface area contributed by atoms with E-state index >= 15 is 0 Å². The summed E-state index contributed by atoms with van der Waals surface area (Å²) in [6.45, 7) is 3.89. The molecule has 1 aromatic rings. The number of pyridine rings is 1. The molecule has 0 saturated heterocycles. The third kappa shape index (κ3) is 3.94. The Balaban J connectivity index is 2.83. The van der Waals surface area contributed by atoms with Gasteiger partial charge in [-0.2, -0.15) is 0 Å². The molecule has 2 N–H and O–H groups in total. The maximum Gasteiger partial charge on any atom is 0.339 e. The number of hydrogen-bond donors (Lipinski definition) is 2. The number of rotatable bonds is 5. The van der Waals surface area contributed by atoms with Crippen molar-refractivity contribution < 1.29 is 14.7 Å². The van der Waals surface area contributed by atoms with Gasteiger partial charge in [0.15, 0.2) is 0 Å². The summed E-state index contributed by atoms with van der Waals surface area (Å²) < 4.78 is 0. The van der Waals surface area contributed by atoms with Crippen LogP contribution in [0.5, 0.6) is 0 Å². The minimum absolute atomic E-state index is 0.0197. The van der Waals surface area contributed by atoms with Crippen LogP contribution in [0.25, 0.3) is 0 Å². The molecule has 0 fully saturated rings. The maximum atomic E-state index is 11.4. The molecule has 104 valence electrons. The molecule has 19 heavy (non-hydrogen) atoms. The van der Waals surface area contributed by atoms with Gasteiger partial charge in [0.25, 0.3) is 0 Å². The summed E-state index contributed by atoms with van der Waals surface area (Å²) in [6.07, 6.45) is 0.292. The van der Waals surface area contributed by atoms with Gasteiger partial charge < -0.3 is 15.3 Å². The molecule has 1 amide bonds. The monoisotopic (exact) mass is 265 g/mol. The fourth-order valence-electron chi connectivity index (χ4n) is 1.75. The maximum absolute atomic E-state index is 11.4. The number of carboxylic acid groups (broad SMARTS) is 1. The van der Waals surface area contributed by atoms with Crippen LogP contribution in [-0.4, -0.2) is 47.5 Å². The van der Waals surface area contributed by atoms with Gasteiger partial charge in [-0.3, -0.25) is 4.79 Å². The minimum atomic E-state index is -1.02. The van der Waals surface area contributed by atoms with Gasteiger partial charge in [0.05, 0.1) is 0 Å². The van der Waals surface area contributed by atoms with E-state index in [1.807, 2.05) is 0 Å². The smallest absolute Gasteiger partial charge is 0.339 e. The molecular formula is C13H19N3O3. The van der Waals surface area contributed by atoms with Crippen LogP contribution >= 0.6 is 0 Å². The third-order valence-electron chi connectivity index (χ3n) is 2.69. The van der Waals surface area contributed by atoms with Crippen LogP contribution in [0.15, 0.2) is 6.07 Å². The lowest BCUT2D eigenvalue weighted by atomic mass is 10.1. The van der Waals surface area contributed by atoms with E-state index in [2.05, 4.69) is 10.3 Å². The fourth-order valence-corrected chi connectivity index (χ4v) is 1.75. The number of aromatic nitrogens is 1. The van der Waals surface area contributed by atoms with E-state index in [1.54, 1.807) is 34.0 Å². The predicted octanol–water partition coefficient (Wildman–Crippen LogP) is 1.29. The lowest BCUT2D eigenvalue weighted by Crippen LogP contribution is -2.24. The van der Waals surface area contributed by atoms with E-state index in [4.69, 9.17) is 0 Å². The Bertz CT molecular complexity index is 498. The van der Waals surface area contributed by atoms with Gasteiger partial charge in [-0.15, -0.1) is 0 Å². The Hall–Kier alpha value is -2.11. The van der Waals surface area contributed by atoms with Crippen LogP contribution in [0.4, 0.5) is 5.82 Å². The number of amides is 1. The van der Waals surface area contributed by atoms with Gasteiger partial charge in [0, 0.05) is 32.8 Å². The third-order valence-corrected chi connectivity index (χ3v) is 2.69. The molecule has 0 radical (unpaired) electrons. The number of anilines is 1. The Morgan fingerprint density at radius 1 is 1.37 bits per heavy atom. The second kappa shape index (κ2) is 6.17. The first-order chi connectivity index (χ1) is 8.82. The Morgan fingerprint density at radius 2 is 2.00 bits per heavy atom. The number of nitrogens with one attached hydrogen (secondary N) is 1. The second-order valence-electron chi connectivity index (χ2n) is 4.57. The molecule has 0 aliphatic carbocycles. The van der Waals surface area contributed by atoms with Crippen LogP contribution in [0.3, 0.4) is 0 Å². The van der Waals surface area contributed by atoms with E-state index in [-0.39, 0.29) is 11.5 Å². The zero-order valence-corrected chi connectivity index (χ0v) is 11.6. The first-order valence-electron chi connectivity index (χ1n) is 5.98. The van der Waals surface area contributed by atoms with Crippen molar-refractivity contribution in [2.75, 3.05) is 26.0 Å². The molecule has 6 nitrogen and oxygen atoms in total. The van der Waals surface area contributed by atoms with Crippen molar-refractivity contribution in [1.29, 1.82) is 0 Å². The highest BCUT2D eigenvalue weighted by molar-refractivity contribution is 5.94. The summed E-state index contributed by atoms with van der Waals surface area (Å²) >= 11 is 0. The first kappa shape index (κ1) is 14.9. The largest absolute Gasteiger partial charge is 0.478 e. The van der Waals surface area contributed by atoms with Crippen molar-refractivity contribution in [3.8, 4) is 0 Å². The van der Waals surface area contributed by atoms with E-state index in [1.165, 1.54) is 4.90 Å². The quantitative estimate of drug-likeness (QED) is 0.838. The standard InChI is InChI=1S/C13H19N3O3/c1-8-7-9(2)15-12(11(8)13(18)19)14-6-5-10(17)16(3)4/h7H,5-6H2,1-4H3,(H,14,15)(H,18,19). The Morgan fingerprint density at radius 3 is 2.53 bits per heavy atom. The van der Waals surface area contributed by atoms with Gasteiger partial charge in [-0.05, 0) is 25.5 Å². The van der Waals surface area contributed by atoms with E-state index in [9.17, 15) is 14.7 Å². The molecule has 1 rings (SSSR count). The molecule has 1 aromatic heterocycles. The minimum Gasteiger partial charge on any atom is -0.478 e. The number of aryl methyl sites for hydroxylation is 2. The summed E-state index contributed by atoms with van der Waals surface area (Å²) in [6, 6.07) is 1.72. The zero-order valence-electron chi connectivity index (χ0n) is 11.6. The van der Waals surface area contributed by atoms with Crippen molar-refractivity contribution in [3.63, 3.8) is 0 Å². The average Bonchev–Trinajstić information content (AvgIpc) is 2.26. The molecule has 0 bridgehead atoms. The van der Waals surface area contributed by atoms with Crippen molar-refractivity contribution >= 4 is 17.7 Å². The number of carbonyl (C=O) groups is 2. The highest BCUT2D eigenvalue weighted by atomic mass is 16.4. The van der Waals surface area contributed by atoms with Gasteiger partial charge >= 0.3 is 5.97 Å². The molecule has 0 saturated carbocycles. The van der Waals surface area contributed by atoms with Crippen molar-refractivity contribution in [3.05, 3.63) is 22.9 Å². The summed E-state index contributed by atoms with van der Waals surface area (Å²) in [5, 5.41) is 12.1. The summed E-state index contributed by atoms with van der Waals surface area (Å²) in [5.74, 6) is -0.725. The molecule has 0 atom stereocenters. The summed E-state index contributed by atoms with van der Waals surface area (Å²) in [7, 11) is 3.36. The SMILES string of the molecule is Cc1cc(C)c(C(=O)O)c(NCCC(=O)N(C)C)n1. The second-order valence-corrected chi connectivity index (χ2v) is 4.57. The van der Waals surface area contributed by atoms with Crippen LogP contribution in [0.2, 0.25) is 0 Å². The number of aromatic carboxylic acids is 1. The van der Waals surface area contributed by atoms with Gasteiger partial charge in [-0.25, -0.2) is 9.78 Å². The van der Waals surface area contributed by atoms with Crippen molar-refractivity contribution in [2.24, 2.45) is 0 Å². The summed E-state index contributed by atoms with van der Waals surface area (Å²) in [4.78, 5) is 28.3. The molecule has 0 aromatic carbocycles. The van der Waals surface area contributed by atoms with Crippen LogP contribution in [0.1, 0.15) is 28.0 Å². The number of carbonyl (C=O) groups excluding carboxylic acids is 1. The topological polar surface area (TPSA) is 82.5 Å². The van der Waals surface area contributed by atoms with Crippen molar-refractivity contribution in [1.82, 2.24) is 9.88 Å². The van der Waals surface area contributed by atoms with Crippen LogP contribution in [0, 0.1) is 13.8 Å². The Labute approximate surface area is 112 Å². The normalized spacial score (nSPS) is 10.1. The van der Waals surface area contributed by atoms with Gasteiger partial charge in [0.2, 0.25) is 5.91 Å². The Kier molecular flexibility index (Phi) is 4.86. The van der Waals surface area contributed by atoms with Crippen molar-refractivity contribution in [2.45, 2.75) is 20.3 Å². The molecule has 6 heteroatoms. The predicted molar refractivity (Wildman–Crippen MR) is 72.5 cm³/mol. The fraction of sp³-hybridized carbons (Fsp3) is 0.462. The van der Waals surface area contributed by atoms with Crippen LogP contribution in [-0.2, 0) is 4.79 Å². The molecular weight excluding hydrogens is 246 g/mol. The highest BCUT2D eigenvalue weighted by Gasteiger charge is 2.15. The van der Waals surface area contributed by atoms with Gasteiger partial charge in [-0.1, -0.05) is 0 Å². The number of nitrogens with zero attached hydrogens (tertiary/aromatic N) is 2. The highest BCUT2D eigenvalue weighted by Crippen LogP contribution is 2.18. The van der Waals surface area contributed by atoms with Crippen LogP contribution < -0.4 is 5.32 Å². The molecule has 0 aliphatic heterocycles. The van der Waals surface area contributed by atoms with Gasteiger partial charge in [0.1, 0.15) is 11.4 Å². The number of hydrogen-bond acceptors (Lipinski definition) is 4. The first-order valence-corrected chi connectivity index (χ1v) is 5.98. The lowest BCUT2D eigenvalue weighted by molar-refractivity contribution is -0.128. The zero-order chi connectivity index (χ0) is 14.6. The molecule has 1 heterocycles.